The normalized spacial score (nSPS) is 22.8. The van der Waals surface area contributed by atoms with Crippen LogP contribution in [-0.2, 0) is 16.0 Å². The molecule has 2 rings (SSSR count). The van der Waals surface area contributed by atoms with E-state index in [9.17, 15) is 14.7 Å². The van der Waals surface area contributed by atoms with Crippen molar-refractivity contribution in [3.63, 3.8) is 0 Å². The smallest absolute Gasteiger partial charge is 0.307 e. The summed E-state index contributed by atoms with van der Waals surface area (Å²) in [4.78, 5) is 26.4. The summed E-state index contributed by atoms with van der Waals surface area (Å²) in [6, 6.07) is 5.98. The molecular formula is C21H32N2O3. The number of likely N-dealkylation sites (N-methyl/N-ethyl adjacent to an activating group) is 1. The lowest BCUT2D eigenvalue weighted by molar-refractivity contribution is -0.136. The molecular weight excluding hydrogens is 328 g/mol. The number of rotatable bonds is 7. The van der Waals surface area contributed by atoms with Crippen molar-refractivity contribution in [1.29, 1.82) is 0 Å². The Hall–Kier alpha value is -1.88. The molecule has 0 aromatic heterocycles. The predicted molar refractivity (Wildman–Crippen MR) is 105 cm³/mol. The SMILES string of the molecule is CCCCC1(C(=O)N(C)c2ccc(C)cc2CC(=O)O)CCCC(C)N1. The maximum absolute atomic E-state index is 13.5. The number of hydrogen-bond acceptors (Lipinski definition) is 3. The van der Waals surface area contributed by atoms with Gasteiger partial charge in [-0.3, -0.25) is 9.59 Å². The number of piperidine rings is 1. The molecule has 5 nitrogen and oxygen atoms in total. The highest BCUT2D eigenvalue weighted by Gasteiger charge is 2.42. The van der Waals surface area contributed by atoms with E-state index in [1.807, 2.05) is 25.1 Å². The molecule has 1 amide bonds. The maximum atomic E-state index is 13.5. The first-order valence-corrected chi connectivity index (χ1v) is 9.66. The van der Waals surface area contributed by atoms with Crippen molar-refractivity contribution in [3.8, 4) is 0 Å². The fourth-order valence-electron chi connectivity index (χ4n) is 4.05. The number of aryl methyl sites for hydroxylation is 1. The molecule has 1 fully saturated rings. The van der Waals surface area contributed by atoms with Gasteiger partial charge in [0.05, 0.1) is 12.0 Å². The van der Waals surface area contributed by atoms with Crippen LogP contribution in [0.1, 0.15) is 63.5 Å². The Bertz CT molecular complexity index is 659. The molecule has 2 N–H and O–H groups in total. The van der Waals surface area contributed by atoms with Crippen LogP contribution < -0.4 is 10.2 Å². The number of benzene rings is 1. The third-order valence-corrected chi connectivity index (χ3v) is 5.37. The molecule has 0 radical (unpaired) electrons. The lowest BCUT2D eigenvalue weighted by Crippen LogP contribution is -2.62. The summed E-state index contributed by atoms with van der Waals surface area (Å²) in [6.07, 6.45) is 5.73. The number of carboxylic acid groups (broad SMARTS) is 1. The Kier molecular flexibility index (Phi) is 6.81. The van der Waals surface area contributed by atoms with E-state index in [0.29, 0.717) is 17.3 Å². The lowest BCUT2D eigenvalue weighted by atomic mass is 9.81. The van der Waals surface area contributed by atoms with Gasteiger partial charge in [0, 0.05) is 18.8 Å². The molecule has 0 bridgehead atoms. The molecule has 1 aromatic rings. The van der Waals surface area contributed by atoms with Gasteiger partial charge in [-0.15, -0.1) is 0 Å². The predicted octanol–water partition coefficient (Wildman–Crippen LogP) is 3.68. The molecule has 26 heavy (non-hydrogen) atoms. The minimum Gasteiger partial charge on any atom is -0.481 e. The highest BCUT2D eigenvalue weighted by atomic mass is 16.4. The summed E-state index contributed by atoms with van der Waals surface area (Å²) in [6.45, 7) is 6.21. The number of nitrogens with one attached hydrogen (secondary N) is 1. The van der Waals surface area contributed by atoms with Crippen LogP contribution in [0.15, 0.2) is 18.2 Å². The number of carboxylic acids is 1. The van der Waals surface area contributed by atoms with Crippen LogP contribution in [0.2, 0.25) is 0 Å². The largest absolute Gasteiger partial charge is 0.481 e. The number of carbonyl (C=O) groups is 2. The Morgan fingerprint density at radius 2 is 2.12 bits per heavy atom. The molecule has 2 atom stereocenters. The topological polar surface area (TPSA) is 69.6 Å². The number of anilines is 1. The van der Waals surface area contributed by atoms with E-state index in [0.717, 1.165) is 44.1 Å². The van der Waals surface area contributed by atoms with Crippen LogP contribution in [0.4, 0.5) is 5.69 Å². The number of unbranched alkanes of at least 4 members (excludes halogenated alkanes) is 1. The first kappa shape index (κ1) is 20.4. The van der Waals surface area contributed by atoms with Crippen LogP contribution in [0.25, 0.3) is 0 Å². The maximum Gasteiger partial charge on any atom is 0.307 e. The summed E-state index contributed by atoms with van der Waals surface area (Å²) >= 11 is 0. The summed E-state index contributed by atoms with van der Waals surface area (Å²) < 4.78 is 0. The van der Waals surface area contributed by atoms with Crippen molar-refractivity contribution in [2.45, 2.75) is 77.3 Å². The average molecular weight is 360 g/mol. The van der Waals surface area contributed by atoms with E-state index in [2.05, 4.69) is 19.2 Å². The molecule has 2 unspecified atom stereocenters. The second-order valence-corrected chi connectivity index (χ2v) is 7.69. The third-order valence-electron chi connectivity index (χ3n) is 5.37. The van der Waals surface area contributed by atoms with Crippen LogP contribution >= 0.6 is 0 Å². The van der Waals surface area contributed by atoms with Gasteiger partial charge in [-0.05, 0) is 51.2 Å². The van der Waals surface area contributed by atoms with Crippen molar-refractivity contribution in [3.05, 3.63) is 29.3 Å². The zero-order valence-electron chi connectivity index (χ0n) is 16.5. The molecule has 144 valence electrons. The molecule has 1 heterocycles. The van der Waals surface area contributed by atoms with E-state index in [4.69, 9.17) is 0 Å². The highest BCUT2D eigenvalue weighted by molar-refractivity contribution is 6.01. The molecule has 1 aliphatic heterocycles. The second-order valence-electron chi connectivity index (χ2n) is 7.69. The summed E-state index contributed by atoms with van der Waals surface area (Å²) in [5.41, 5.74) is 1.83. The van der Waals surface area contributed by atoms with E-state index in [1.165, 1.54) is 0 Å². The minimum absolute atomic E-state index is 0.0491. The Morgan fingerprint density at radius 1 is 1.38 bits per heavy atom. The molecule has 1 aromatic carbocycles. The van der Waals surface area contributed by atoms with Crippen LogP contribution in [0, 0.1) is 6.92 Å². The molecule has 1 aliphatic rings. The minimum atomic E-state index is -0.886. The number of amides is 1. The average Bonchev–Trinajstić information content (AvgIpc) is 2.58. The fourth-order valence-corrected chi connectivity index (χ4v) is 4.05. The second kappa shape index (κ2) is 8.67. The number of hydrogen-bond donors (Lipinski definition) is 2. The van der Waals surface area contributed by atoms with Crippen molar-refractivity contribution < 1.29 is 14.7 Å². The van der Waals surface area contributed by atoms with Crippen LogP contribution in [0.5, 0.6) is 0 Å². The first-order chi connectivity index (χ1) is 12.3. The fraction of sp³-hybridized carbons (Fsp3) is 0.619. The van der Waals surface area contributed by atoms with Crippen molar-refractivity contribution in [1.82, 2.24) is 5.32 Å². The standard InChI is InChI=1S/C21H32N2O3/c1-5-6-11-21(12-7-8-16(3)22-21)20(26)23(4)18-10-9-15(2)13-17(18)14-19(24)25/h9-10,13,16,22H,5-8,11-12,14H2,1-4H3,(H,24,25). The van der Waals surface area contributed by atoms with Crippen LogP contribution in [-0.4, -0.2) is 35.6 Å². The van der Waals surface area contributed by atoms with Gasteiger partial charge in [0.1, 0.15) is 0 Å². The highest BCUT2D eigenvalue weighted by Crippen LogP contribution is 2.32. The molecule has 0 aliphatic carbocycles. The molecule has 0 spiro atoms. The first-order valence-electron chi connectivity index (χ1n) is 9.66. The Labute approximate surface area is 156 Å². The quantitative estimate of drug-likeness (QED) is 0.778. The van der Waals surface area contributed by atoms with E-state index in [-0.39, 0.29) is 12.3 Å². The monoisotopic (exact) mass is 360 g/mol. The lowest BCUT2D eigenvalue weighted by Gasteiger charge is -2.42. The van der Waals surface area contributed by atoms with Gasteiger partial charge in [0.25, 0.3) is 0 Å². The third kappa shape index (κ3) is 4.64. The summed E-state index contributed by atoms with van der Waals surface area (Å²) in [5, 5.41) is 12.8. The zero-order chi connectivity index (χ0) is 19.3. The van der Waals surface area contributed by atoms with Crippen molar-refractivity contribution in [2.24, 2.45) is 0 Å². The number of aliphatic carboxylic acids is 1. The van der Waals surface area contributed by atoms with Gasteiger partial charge in [0.15, 0.2) is 0 Å². The van der Waals surface area contributed by atoms with Gasteiger partial charge in [0.2, 0.25) is 5.91 Å². The van der Waals surface area contributed by atoms with Gasteiger partial charge in [-0.1, -0.05) is 37.5 Å². The van der Waals surface area contributed by atoms with Crippen molar-refractivity contribution >= 4 is 17.6 Å². The summed E-state index contributed by atoms with van der Waals surface area (Å²) in [7, 11) is 1.77. The molecule has 5 heteroatoms. The van der Waals surface area contributed by atoms with E-state index in [1.54, 1.807) is 11.9 Å². The molecule has 1 saturated heterocycles. The Morgan fingerprint density at radius 3 is 2.73 bits per heavy atom. The van der Waals surface area contributed by atoms with E-state index < -0.39 is 11.5 Å². The van der Waals surface area contributed by atoms with Crippen molar-refractivity contribution in [2.75, 3.05) is 11.9 Å². The molecule has 0 saturated carbocycles. The van der Waals surface area contributed by atoms with Gasteiger partial charge < -0.3 is 15.3 Å². The van der Waals surface area contributed by atoms with Gasteiger partial charge in [-0.25, -0.2) is 0 Å². The van der Waals surface area contributed by atoms with Gasteiger partial charge >= 0.3 is 5.97 Å². The summed E-state index contributed by atoms with van der Waals surface area (Å²) in [5.74, 6) is -0.837. The van der Waals surface area contributed by atoms with E-state index >= 15 is 0 Å². The zero-order valence-corrected chi connectivity index (χ0v) is 16.5. The Balaban J connectivity index is 2.35. The number of nitrogens with zero attached hydrogens (tertiary/aromatic N) is 1. The number of carbonyl (C=O) groups excluding carboxylic acids is 1. The van der Waals surface area contributed by atoms with Gasteiger partial charge in [-0.2, -0.15) is 0 Å². The van der Waals surface area contributed by atoms with Crippen LogP contribution in [0.3, 0.4) is 0 Å².